The molecule has 1 heterocycles. The molecule has 0 fully saturated rings. The van der Waals surface area contributed by atoms with Crippen LogP contribution in [0.15, 0.2) is 42.5 Å². The summed E-state index contributed by atoms with van der Waals surface area (Å²) in [6, 6.07) is 9.89. The summed E-state index contributed by atoms with van der Waals surface area (Å²) < 4.78 is 60.7. The van der Waals surface area contributed by atoms with Crippen LogP contribution in [0.1, 0.15) is 39.1 Å². The number of rotatable bonds is 5. The van der Waals surface area contributed by atoms with E-state index in [2.05, 4.69) is 9.47 Å². The van der Waals surface area contributed by atoms with E-state index in [4.69, 9.17) is 0 Å². The maximum atomic E-state index is 13.2. The Morgan fingerprint density at radius 1 is 0.815 bits per heavy atom. The standard InChI is InChI=1S/C19H14F4O4/c1-11-3-2-4-12(9-11)14(24)6-7-15(25)13-5-8-16-17(10-13)27-19(22,23)18(20,21)26-16/h2-5,8-10H,6-7H2,1H3. The maximum Gasteiger partial charge on any atom is 0.507 e. The average Bonchev–Trinajstić information content (AvgIpc) is 2.59. The lowest BCUT2D eigenvalue weighted by molar-refractivity contribution is -0.391. The number of ketones is 2. The molecule has 1 aliphatic heterocycles. The molecule has 0 amide bonds. The van der Waals surface area contributed by atoms with Gasteiger partial charge in [0.25, 0.3) is 0 Å². The highest BCUT2D eigenvalue weighted by Crippen LogP contribution is 2.47. The number of alkyl halides is 4. The molecule has 0 atom stereocenters. The first-order valence-corrected chi connectivity index (χ1v) is 8.00. The van der Waals surface area contributed by atoms with Crippen molar-refractivity contribution in [2.75, 3.05) is 0 Å². The van der Waals surface area contributed by atoms with Gasteiger partial charge in [0.05, 0.1) is 0 Å². The fraction of sp³-hybridized carbons (Fsp3) is 0.263. The van der Waals surface area contributed by atoms with E-state index in [0.29, 0.717) is 5.56 Å². The van der Waals surface area contributed by atoms with Crippen LogP contribution < -0.4 is 9.47 Å². The summed E-state index contributed by atoms with van der Waals surface area (Å²) in [5.74, 6) is -2.01. The van der Waals surface area contributed by atoms with Crippen molar-refractivity contribution in [3.63, 3.8) is 0 Å². The normalized spacial score (nSPS) is 16.6. The van der Waals surface area contributed by atoms with Gasteiger partial charge in [-0.1, -0.05) is 23.8 Å². The van der Waals surface area contributed by atoms with Crippen LogP contribution in [0.25, 0.3) is 0 Å². The lowest BCUT2D eigenvalue weighted by Crippen LogP contribution is -2.52. The molecule has 0 saturated heterocycles. The number of carbonyl (C=O) groups is 2. The molecule has 2 aromatic carbocycles. The summed E-state index contributed by atoms with van der Waals surface area (Å²) in [5.41, 5.74) is 1.32. The van der Waals surface area contributed by atoms with E-state index < -0.39 is 29.5 Å². The minimum absolute atomic E-state index is 0.0459. The van der Waals surface area contributed by atoms with Gasteiger partial charge >= 0.3 is 12.2 Å². The van der Waals surface area contributed by atoms with Crippen molar-refractivity contribution in [3.8, 4) is 11.5 Å². The third kappa shape index (κ3) is 3.79. The zero-order valence-electron chi connectivity index (χ0n) is 14.1. The summed E-state index contributed by atoms with van der Waals surface area (Å²) >= 11 is 0. The lowest BCUT2D eigenvalue weighted by Gasteiger charge is -2.31. The molecule has 142 valence electrons. The molecule has 0 N–H and O–H groups in total. The molecule has 0 saturated carbocycles. The molecule has 8 heteroatoms. The zero-order valence-corrected chi connectivity index (χ0v) is 14.1. The van der Waals surface area contributed by atoms with E-state index in [0.717, 1.165) is 23.8 Å². The molecule has 4 nitrogen and oxygen atoms in total. The molecular weight excluding hydrogens is 368 g/mol. The van der Waals surface area contributed by atoms with E-state index in [-0.39, 0.29) is 24.2 Å². The van der Waals surface area contributed by atoms with Crippen molar-refractivity contribution in [2.24, 2.45) is 0 Å². The predicted octanol–water partition coefficient (Wildman–Crippen LogP) is 4.80. The van der Waals surface area contributed by atoms with Crippen LogP contribution >= 0.6 is 0 Å². The van der Waals surface area contributed by atoms with Crippen molar-refractivity contribution in [1.82, 2.24) is 0 Å². The van der Waals surface area contributed by atoms with Crippen molar-refractivity contribution in [1.29, 1.82) is 0 Å². The number of benzene rings is 2. The molecule has 0 aromatic heterocycles. The van der Waals surface area contributed by atoms with E-state index in [1.54, 1.807) is 18.2 Å². The Hall–Kier alpha value is -2.90. The Kier molecular flexibility index (Phi) is 4.67. The average molecular weight is 382 g/mol. The van der Waals surface area contributed by atoms with E-state index in [9.17, 15) is 27.2 Å². The largest absolute Gasteiger partial charge is 0.507 e. The molecule has 0 bridgehead atoms. The summed E-state index contributed by atoms with van der Waals surface area (Å²) in [6.07, 6.45) is -9.92. The van der Waals surface area contributed by atoms with Gasteiger partial charge in [-0.25, -0.2) is 0 Å². The Balaban J connectivity index is 1.71. The number of aryl methyl sites for hydroxylation is 1. The Morgan fingerprint density at radius 3 is 1.96 bits per heavy atom. The van der Waals surface area contributed by atoms with Gasteiger partial charge in [0, 0.05) is 24.0 Å². The topological polar surface area (TPSA) is 52.6 Å². The van der Waals surface area contributed by atoms with Gasteiger partial charge < -0.3 is 9.47 Å². The van der Waals surface area contributed by atoms with Crippen LogP contribution in [0, 0.1) is 6.92 Å². The van der Waals surface area contributed by atoms with Crippen molar-refractivity contribution in [3.05, 3.63) is 59.2 Å². The molecule has 27 heavy (non-hydrogen) atoms. The number of hydrogen-bond donors (Lipinski definition) is 0. The fourth-order valence-electron chi connectivity index (χ4n) is 2.57. The van der Waals surface area contributed by atoms with Crippen LogP contribution in [-0.2, 0) is 0 Å². The molecule has 0 aliphatic carbocycles. The number of halogens is 4. The summed E-state index contributed by atoms with van der Waals surface area (Å²) in [5, 5.41) is 0. The van der Waals surface area contributed by atoms with Crippen LogP contribution in [0.5, 0.6) is 11.5 Å². The van der Waals surface area contributed by atoms with Crippen molar-refractivity contribution >= 4 is 11.6 Å². The number of fused-ring (bicyclic) bond motifs is 1. The highest BCUT2D eigenvalue weighted by molar-refractivity contribution is 6.02. The van der Waals surface area contributed by atoms with Gasteiger partial charge in [0.1, 0.15) is 0 Å². The van der Waals surface area contributed by atoms with Gasteiger partial charge in [-0.05, 0) is 31.2 Å². The van der Waals surface area contributed by atoms with Crippen molar-refractivity contribution < 1.29 is 36.6 Å². The number of Topliss-reactive ketones (excluding diaryl/α,β-unsaturated/α-hetero) is 2. The van der Waals surface area contributed by atoms with Gasteiger partial charge in [-0.3, -0.25) is 9.59 Å². The molecule has 0 spiro atoms. The first-order chi connectivity index (χ1) is 12.6. The quantitative estimate of drug-likeness (QED) is 0.551. The fourth-order valence-corrected chi connectivity index (χ4v) is 2.57. The molecule has 2 aromatic rings. The number of carbonyl (C=O) groups excluding carboxylic acids is 2. The summed E-state index contributed by atoms with van der Waals surface area (Å²) in [6.45, 7) is 1.83. The van der Waals surface area contributed by atoms with E-state index in [1.165, 1.54) is 0 Å². The lowest BCUT2D eigenvalue weighted by atomic mass is 10.0. The smallest absolute Gasteiger partial charge is 0.421 e. The van der Waals surface area contributed by atoms with Gasteiger partial charge in [0.2, 0.25) is 0 Å². The van der Waals surface area contributed by atoms with Gasteiger partial charge in [0.15, 0.2) is 23.1 Å². The molecule has 0 unspecified atom stereocenters. The molecular formula is C19H14F4O4. The molecule has 3 rings (SSSR count). The minimum atomic E-state index is -4.86. The minimum Gasteiger partial charge on any atom is -0.421 e. The van der Waals surface area contributed by atoms with E-state index in [1.807, 2.05) is 13.0 Å². The maximum absolute atomic E-state index is 13.2. The second-order valence-electron chi connectivity index (χ2n) is 6.12. The SMILES string of the molecule is Cc1cccc(C(=O)CCC(=O)c2ccc3c(c2)OC(F)(F)C(F)(F)O3)c1. The number of ether oxygens (including phenoxy) is 2. The summed E-state index contributed by atoms with van der Waals surface area (Å²) in [4.78, 5) is 24.4. The first-order valence-electron chi connectivity index (χ1n) is 8.00. The number of hydrogen-bond acceptors (Lipinski definition) is 4. The Morgan fingerprint density at radius 2 is 1.37 bits per heavy atom. The monoisotopic (exact) mass is 382 g/mol. The van der Waals surface area contributed by atoms with E-state index >= 15 is 0 Å². The van der Waals surface area contributed by atoms with Gasteiger partial charge in [-0.15, -0.1) is 0 Å². The third-order valence-corrected chi connectivity index (χ3v) is 4.00. The second kappa shape index (κ2) is 6.68. The summed E-state index contributed by atoms with van der Waals surface area (Å²) in [7, 11) is 0. The predicted molar refractivity (Wildman–Crippen MR) is 86.7 cm³/mol. The second-order valence-corrected chi connectivity index (χ2v) is 6.12. The Labute approximate surface area is 151 Å². The highest BCUT2D eigenvalue weighted by atomic mass is 19.3. The van der Waals surface area contributed by atoms with Crippen molar-refractivity contribution in [2.45, 2.75) is 32.0 Å². The zero-order chi connectivity index (χ0) is 19.8. The van der Waals surface area contributed by atoms with Crippen LogP contribution in [0.3, 0.4) is 0 Å². The van der Waals surface area contributed by atoms with Crippen LogP contribution in [0.2, 0.25) is 0 Å². The van der Waals surface area contributed by atoms with Crippen LogP contribution in [0.4, 0.5) is 17.6 Å². The van der Waals surface area contributed by atoms with Crippen LogP contribution in [-0.4, -0.2) is 23.8 Å². The highest BCUT2D eigenvalue weighted by Gasteiger charge is 2.65. The Bertz CT molecular complexity index is 908. The molecule has 0 radical (unpaired) electrons. The first kappa shape index (κ1) is 18.9. The molecule has 1 aliphatic rings. The van der Waals surface area contributed by atoms with Gasteiger partial charge in [-0.2, -0.15) is 17.6 Å². The third-order valence-electron chi connectivity index (χ3n) is 4.00.